The van der Waals surface area contributed by atoms with Gasteiger partial charge in [0, 0.05) is 6.42 Å². The topological polar surface area (TPSA) is 20.2 Å². The van der Waals surface area contributed by atoms with Crippen molar-refractivity contribution >= 4 is 39.1 Å². The summed E-state index contributed by atoms with van der Waals surface area (Å²) >= 11 is 14.9. The highest BCUT2D eigenvalue weighted by Gasteiger charge is 2.19. The summed E-state index contributed by atoms with van der Waals surface area (Å²) in [5.74, 6) is -2.01. The molecule has 0 fully saturated rings. The van der Waals surface area contributed by atoms with Crippen LogP contribution in [-0.2, 0) is 6.42 Å². The molecule has 2 aromatic carbocycles. The van der Waals surface area contributed by atoms with Crippen molar-refractivity contribution in [1.82, 2.24) is 0 Å². The number of hydrogen-bond donors (Lipinski definition) is 1. The Labute approximate surface area is 133 Å². The van der Waals surface area contributed by atoms with Crippen LogP contribution in [0.1, 0.15) is 17.2 Å². The molecule has 0 saturated heterocycles. The largest absolute Gasteiger partial charge is 0.388 e. The summed E-state index contributed by atoms with van der Waals surface area (Å²) in [7, 11) is 0. The molecule has 0 radical (unpaired) electrons. The van der Waals surface area contributed by atoms with Gasteiger partial charge >= 0.3 is 0 Å². The van der Waals surface area contributed by atoms with Crippen LogP contribution in [0.15, 0.2) is 34.8 Å². The summed E-state index contributed by atoms with van der Waals surface area (Å²) in [5.41, 5.74) is 0.878. The molecule has 1 N–H and O–H groups in total. The molecule has 1 unspecified atom stereocenters. The Balaban J connectivity index is 2.31. The van der Waals surface area contributed by atoms with Gasteiger partial charge in [-0.3, -0.25) is 0 Å². The van der Waals surface area contributed by atoms with Gasteiger partial charge in [0.1, 0.15) is 0 Å². The SMILES string of the molecule is OC(Cc1cccc(Cl)c1Cl)c1ccc(F)c(F)c1Br. The molecule has 0 aliphatic rings. The van der Waals surface area contributed by atoms with Gasteiger partial charge in [-0.15, -0.1) is 0 Å². The van der Waals surface area contributed by atoms with Gasteiger partial charge in [0.15, 0.2) is 11.6 Å². The van der Waals surface area contributed by atoms with Crippen molar-refractivity contribution in [3.05, 3.63) is 67.6 Å². The third-order valence-electron chi connectivity index (χ3n) is 2.87. The molecule has 0 aromatic heterocycles. The maximum absolute atomic E-state index is 13.5. The second-order valence-corrected chi connectivity index (χ2v) is 5.78. The normalized spacial score (nSPS) is 12.5. The van der Waals surface area contributed by atoms with Gasteiger partial charge in [0.25, 0.3) is 0 Å². The van der Waals surface area contributed by atoms with Gasteiger partial charge in [0.05, 0.1) is 20.6 Å². The van der Waals surface area contributed by atoms with E-state index in [0.29, 0.717) is 15.6 Å². The van der Waals surface area contributed by atoms with Crippen molar-refractivity contribution < 1.29 is 13.9 Å². The fourth-order valence-corrected chi connectivity index (χ4v) is 2.81. The van der Waals surface area contributed by atoms with Crippen LogP contribution in [0, 0.1) is 11.6 Å². The zero-order valence-electron chi connectivity index (χ0n) is 10.0. The van der Waals surface area contributed by atoms with Crippen LogP contribution in [-0.4, -0.2) is 5.11 Å². The zero-order valence-corrected chi connectivity index (χ0v) is 13.1. The van der Waals surface area contributed by atoms with Crippen molar-refractivity contribution in [2.75, 3.05) is 0 Å². The lowest BCUT2D eigenvalue weighted by Crippen LogP contribution is -2.05. The van der Waals surface area contributed by atoms with E-state index in [1.165, 1.54) is 6.07 Å². The zero-order chi connectivity index (χ0) is 14.9. The molecule has 0 saturated carbocycles. The number of rotatable bonds is 3. The molecule has 106 valence electrons. The lowest BCUT2D eigenvalue weighted by Gasteiger charge is -2.15. The van der Waals surface area contributed by atoms with Crippen LogP contribution in [0.25, 0.3) is 0 Å². The van der Waals surface area contributed by atoms with Crippen LogP contribution in [0.3, 0.4) is 0 Å². The molecule has 1 nitrogen and oxygen atoms in total. The summed E-state index contributed by atoms with van der Waals surface area (Å²) < 4.78 is 26.4. The summed E-state index contributed by atoms with van der Waals surface area (Å²) in [6, 6.07) is 7.35. The van der Waals surface area contributed by atoms with Crippen LogP contribution in [0.2, 0.25) is 10.0 Å². The minimum atomic E-state index is -1.03. The van der Waals surface area contributed by atoms with E-state index >= 15 is 0 Å². The number of hydrogen-bond acceptors (Lipinski definition) is 1. The number of benzene rings is 2. The van der Waals surface area contributed by atoms with Gasteiger partial charge in [-0.25, -0.2) is 8.78 Å². The Morgan fingerprint density at radius 2 is 1.85 bits per heavy atom. The Kier molecular flexibility index (Phi) is 5.02. The third kappa shape index (κ3) is 3.14. The standard InChI is InChI=1S/C14H9BrCl2F2O/c15-12-8(4-5-10(18)14(12)19)11(20)6-7-2-1-3-9(16)13(7)17/h1-5,11,20H,6H2. The molecule has 1 atom stereocenters. The maximum Gasteiger partial charge on any atom is 0.173 e. The Morgan fingerprint density at radius 1 is 1.15 bits per heavy atom. The predicted octanol–water partition coefficient (Wildman–Crippen LogP) is 5.31. The van der Waals surface area contributed by atoms with E-state index in [0.717, 1.165) is 6.07 Å². The Morgan fingerprint density at radius 3 is 2.55 bits per heavy atom. The first kappa shape index (κ1) is 15.7. The monoisotopic (exact) mass is 380 g/mol. The summed E-state index contributed by atoms with van der Waals surface area (Å²) in [4.78, 5) is 0. The van der Waals surface area contributed by atoms with Crippen molar-refractivity contribution in [2.45, 2.75) is 12.5 Å². The average Bonchev–Trinajstić information content (AvgIpc) is 2.41. The second-order valence-electron chi connectivity index (χ2n) is 4.20. The lowest BCUT2D eigenvalue weighted by molar-refractivity contribution is 0.177. The van der Waals surface area contributed by atoms with Crippen molar-refractivity contribution in [3.8, 4) is 0 Å². The first-order chi connectivity index (χ1) is 9.41. The minimum Gasteiger partial charge on any atom is -0.388 e. The van der Waals surface area contributed by atoms with Crippen molar-refractivity contribution in [3.63, 3.8) is 0 Å². The third-order valence-corrected chi connectivity index (χ3v) is 4.53. The number of halogens is 5. The maximum atomic E-state index is 13.5. The highest BCUT2D eigenvalue weighted by atomic mass is 79.9. The predicted molar refractivity (Wildman–Crippen MR) is 79.2 cm³/mol. The highest BCUT2D eigenvalue weighted by Crippen LogP contribution is 2.33. The highest BCUT2D eigenvalue weighted by molar-refractivity contribution is 9.10. The van der Waals surface area contributed by atoms with E-state index in [1.807, 2.05) is 0 Å². The van der Waals surface area contributed by atoms with Crippen LogP contribution < -0.4 is 0 Å². The fourth-order valence-electron chi connectivity index (χ4n) is 1.82. The molecule has 0 aliphatic heterocycles. The minimum absolute atomic E-state index is 0.0943. The second kappa shape index (κ2) is 6.39. The molecule has 0 amide bonds. The summed E-state index contributed by atoms with van der Waals surface area (Å²) in [6.07, 6.45) is -0.890. The first-order valence-electron chi connectivity index (χ1n) is 5.66. The van der Waals surface area contributed by atoms with E-state index in [-0.39, 0.29) is 16.5 Å². The molecule has 0 bridgehead atoms. The summed E-state index contributed by atoms with van der Waals surface area (Å²) in [6.45, 7) is 0. The number of aliphatic hydroxyl groups excluding tert-OH is 1. The van der Waals surface area contributed by atoms with E-state index in [2.05, 4.69) is 15.9 Å². The molecule has 0 spiro atoms. The molecule has 0 aliphatic carbocycles. The molecule has 2 aromatic rings. The molecule has 2 rings (SSSR count). The lowest BCUT2D eigenvalue weighted by atomic mass is 10.0. The Hall–Kier alpha value is -0.680. The molecular formula is C14H9BrCl2F2O. The molecule has 0 heterocycles. The van der Waals surface area contributed by atoms with E-state index in [4.69, 9.17) is 23.2 Å². The number of aliphatic hydroxyl groups is 1. The van der Waals surface area contributed by atoms with Gasteiger partial charge in [-0.05, 0) is 39.2 Å². The van der Waals surface area contributed by atoms with E-state index < -0.39 is 17.7 Å². The van der Waals surface area contributed by atoms with Gasteiger partial charge in [-0.2, -0.15) is 0 Å². The van der Waals surface area contributed by atoms with E-state index in [9.17, 15) is 13.9 Å². The Bertz CT molecular complexity index is 649. The van der Waals surface area contributed by atoms with Gasteiger partial charge < -0.3 is 5.11 Å². The van der Waals surface area contributed by atoms with Crippen LogP contribution in [0.4, 0.5) is 8.78 Å². The van der Waals surface area contributed by atoms with Gasteiger partial charge in [0.2, 0.25) is 0 Å². The van der Waals surface area contributed by atoms with Crippen LogP contribution >= 0.6 is 39.1 Å². The van der Waals surface area contributed by atoms with Crippen molar-refractivity contribution in [1.29, 1.82) is 0 Å². The van der Waals surface area contributed by atoms with Gasteiger partial charge in [-0.1, -0.05) is 41.4 Å². The van der Waals surface area contributed by atoms with E-state index in [1.54, 1.807) is 18.2 Å². The fraction of sp³-hybridized carbons (Fsp3) is 0.143. The molecule has 20 heavy (non-hydrogen) atoms. The smallest absolute Gasteiger partial charge is 0.173 e. The average molecular weight is 382 g/mol. The quantitative estimate of drug-likeness (QED) is 0.714. The molecule has 6 heteroatoms. The van der Waals surface area contributed by atoms with Crippen molar-refractivity contribution in [2.24, 2.45) is 0 Å². The summed E-state index contributed by atoms with van der Waals surface area (Å²) in [5, 5.41) is 10.9. The van der Waals surface area contributed by atoms with Crippen LogP contribution in [0.5, 0.6) is 0 Å². The molecular weight excluding hydrogens is 373 g/mol. The first-order valence-corrected chi connectivity index (χ1v) is 7.21.